The van der Waals surface area contributed by atoms with Crippen molar-refractivity contribution in [2.24, 2.45) is 0 Å². The first-order chi connectivity index (χ1) is 7.52. The van der Waals surface area contributed by atoms with Gasteiger partial charge in [0.15, 0.2) is 5.54 Å². The van der Waals surface area contributed by atoms with Gasteiger partial charge in [-0.3, -0.25) is 0 Å². The normalized spacial score (nSPS) is 23.8. The second-order valence-electron chi connectivity index (χ2n) is 3.79. The van der Waals surface area contributed by atoms with Gasteiger partial charge in [0.2, 0.25) is 0 Å². The Labute approximate surface area is 93.9 Å². The van der Waals surface area contributed by atoms with Gasteiger partial charge in [0.1, 0.15) is 0 Å². The Morgan fingerprint density at radius 1 is 1.69 bits per heavy atom. The van der Waals surface area contributed by atoms with Gasteiger partial charge in [-0.2, -0.15) is 0 Å². The lowest BCUT2D eigenvalue weighted by Crippen LogP contribution is -2.57. The number of urea groups is 1. The van der Waals surface area contributed by atoms with E-state index >= 15 is 0 Å². The molecule has 1 heterocycles. The van der Waals surface area contributed by atoms with E-state index < -0.39 is 17.5 Å². The summed E-state index contributed by atoms with van der Waals surface area (Å²) < 4.78 is 5.03. The predicted molar refractivity (Wildman–Crippen MR) is 57.2 cm³/mol. The third-order valence-corrected chi connectivity index (χ3v) is 2.53. The first kappa shape index (κ1) is 12.5. The summed E-state index contributed by atoms with van der Waals surface area (Å²) in [5.74, 6) is -1.06. The number of nitrogens with one attached hydrogen (secondary N) is 1. The Kier molecular flexibility index (Phi) is 3.89. The molecule has 1 aliphatic heterocycles. The summed E-state index contributed by atoms with van der Waals surface area (Å²) in [6.45, 7) is 4.22. The molecule has 0 aromatic rings. The fraction of sp³-hybridized carbons (Fsp3) is 0.600. The van der Waals surface area contributed by atoms with Crippen LogP contribution in [-0.4, -0.2) is 54.4 Å². The summed E-state index contributed by atoms with van der Waals surface area (Å²) in [6.07, 6.45) is 1.86. The monoisotopic (exact) mass is 228 g/mol. The second-order valence-corrected chi connectivity index (χ2v) is 3.79. The number of rotatable bonds is 4. The first-order valence-corrected chi connectivity index (χ1v) is 4.97. The molecule has 0 spiro atoms. The standard InChI is InChI=1S/C10H16N2O4/c1-3-5-12(2)9(15)11-10(8(13)14)4-6-16-7-10/h3H,1,4-7H2,2H3,(H,11,15)(H,13,14). The number of carboxylic acid groups (broad SMARTS) is 1. The van der Waals surface area contributed by atoms with E-state index in [9.17, 15) is 9.59 Å². The highest BCUT2D eigenvalue weighted by atomic mass is 16.5. The molecule has 90 valence electrons. The summed E-state index contributed by atoms with van der Waals surface area (Å²) in [5, 5.41) is 11.6. The summed E-state index contributed by atoms with van der Waals surface area (Å²) in [5.41, 5.74) is -1.29. The minimum absolute atomic E-state index is 0.00992. The van der Waals surface area contributed by atoms with E-state index in [0.717, 1.165) is 0 Å². The van der Waals surface area contributed by atoms with Gasteiger partial charge >= 0.3 is 12.0 Å². The van der Waals surface area contributed by atoms with Gasteiger partial charge < -0.3 is 20.1 Å². The van der Waals surface area contributed by atoms with Crippen LogP contribution < -0.4 is 5.32 Å². The summed E-state index contributed by atoms with van der Waals surface area (Å²) >= 11 is 0. The summed E-state index contributed by atoms with van der Waals surface area (Å²) in [7, 11) is 1.57. The maximum atomic E-state index is 11.6. The van der Waals surface area contributed by atoms with Crippen LogP contribution in [0.15, 0.2) is 12.7 Å². The van der Waals surface area contributed by atoms with Crippen molar-refractivity contribution in [3.05, 3.63) is 12.7 Å². The van der Waals surface area contributed by atoms with Crippen LogP contribution in [0.4, 0.5) is 4.79 Å². The van der Waals surface area contributed by atoms with E-state index in [-0.39, 0.29) is 13.0 Å². The Morgan fingerprint density at radius 2 is 2.38 bits per heavy atom. The molecule has 1 unspecified atom stereocenters. The maximum Gasteiger partial charge on any atom is 0.332 e. The Balaban J connectivity index is 2.66. The van der Waals surface area contributed by atoms with Crippen molar-refractivity contribution < 1.29 is 19.4 Å². The summed E-state index contributed by atoms with van der Waals surface area (Å²) in [4.78, 5) is 24.1. The van der Waals surface area contributed by atoms with Crippen molar-refractivity contribution in [1.29, 1.82) is 0 Å². The molecule has 1 rings (SSSR count). The maximum absolute atomic E-state index is 11.6. The molecule has 0 saturated carbocycles. The summed E-state index contributed by atoms with van der Waals surface area (Å²) in [6, 6.07) is -0.437. The number of carbonyl (C=O) groups excluding carboxylic acids is 1. The van der Waals surface area contributed by atoms with E-state index in [4.69, 9.17) is 9.84 Å². The molecule has 1 fully saturated rings. The molecule has 0 aliphatic carbocycles. The number of nitrogens with zero attached hydrogens (tertiary/aromatic N) is 1. The van der Waals surface area contributed by atoms with Gasteiger partial charge in [-0.05, 0) is 0 Å². The largest absolute Gasteiger partial charge is 0.479 e. The Hall–Kier alpha value is -1.56. The van der Waals surface area contributed by atoms with Crippen molar-refractivity contribution in [3.63, 3.8) is 0 Å². The van der Waals surface area contributed by atoms with E-state index in [1.807, 2.05) is 0 Å². The highest BCUT2D eigenvalue weighted by Gasteiger charge is 2.44. The number of aliphatic carboxylic acids is 1. The van der Waals surface area contributed by atoms with Crippen LogP contribution in [0, 0.1) is 0 Å². The lowest BCUT2D eigenvalue weighted by Gasteiger charge is -2.26. The van der Waals surface area contributed by atoms with Crippen LogP contribution >= 0.6 is 0 Å². The average molecular weight is 228 g/mol. The third kappa shape index (κ3) is 2.52. The van der Waals surface area contributed by atoms with Crippen LogP contribution in [0.1, 0.15) is 6.42 Å². The number of carboxylic acids is 1. The smallest absolute Gasteiger partial charge is 0.332 e. The molecule has 6 nitrogen and oxygen atoms in total. The van der Waals surface area contributed by atoms with E-state index in [0.29, 0.717) is 13.2 Å². The zero-order chi connectivity index (χ0) is 12.2. The lowest BCUT2D eigenvalue weighted by atomic mass is 9.99. The van der Waals surface area contributed by atoms with Crippen LogP contribution in [0.5, 0.6) is 0 Å². The molecule has 2 N–H and O–H groups in total. The van der Waals surface area contributed by atoms with Crippen molar-refractivity contribution in [3.8, 4) is 0 Å². The van der Waals surface area contributed by atoms with Gasteiger partial charge in [-0.1, -0.05) is 6.08 Å². The number of likely N-dealkylation sites (N-methyl/N-ethyl adjacent to an activating group) is 1. The van der Waals surface area contributed by atoms with Crippen LogP contribution in [0.25, 0.3) is 0 Å². The third-order valence-electron chi connectivity index (χ3n) is 2.53. The van der Waals surface area contributed by atoms with Gasteiger partial charge in [0, 0.05) is 26.6 Å². The van der Waals surface area contributed by atoms with E-state index in [1.165, 1.54) is 4.90 Å². The molecule has 0 bridgehead atoms. The molecule has 1 saturated heterocycles. The Morgan fingerprint density at radius 3 is 2.81 bits per heavy atom. The van der Waals surface area contributed by atoms with E-state index in [1.54, 1.807) is 13.1 Å². The average Bonchev–Trinajstić information content (AvgIpc) is 2.68. The molecule has 16 heavy (non-hydrogen) atoms. The molecule has 2 amide bonds. The molecule has 0 aromatic heterocycles. The molecule has 1 aliphatic rings. The number of carbonyl (C=O) groups is 2. The van der Waals surface area contributed by atoms with Crippen molar-refractivity contribution in [2.75, 3.05) is 26.8 Å². The second kappa shape index (κ2) is 4.98. The molecule has 6 heteroatoms. The topological polar surface area (TPSA) is 78.9 Å². The van der Waals surface area contributed by atoms with Crippen LogP contribution in [-0.2, 0) is 9.53 Å². The van der Waals surface area contributed by atoms with Crippen molar-refractivity contribution in [2.45, 2.75) is 12.0 Å². The quantitative estimate of drug-likeness (QED) is 0.667. The Bertz CT molecular complexity index is 297. The lowest BCUT2D eigenvalue weighted by molar-refractivity contribution is -0.144. The number of amides is 2. The fourth-order valence-electron chi connectivity index (χ4n) is 1.46. The van der Waals surface area contributed by atoms with Crippen LogP contribution in [0.3, 0.4) is 0 Å². The minimum atomic E-state index is -1.29. The van der Waals surface area contributed by atoms with Crippen molar-refractivity contribution >= 4 is 12.0 Å². The first-order valence-electron chi connectivity index (χ1n) is 4.97. The predicted octanol–water partition coefficient (Wildman–Crippen LogP) is 0.0575. The highest BCUT2D eigenvalue weighted by Crippen LogP contribution is 2.19. The van der Waals surface area contributed by atoms with Crippen molar-refractivity contribution in [1.82, 2.24) is 10.2 Å². The molecule has 1 atom stereocenters. The zero-order valence-electron chi connectivity index (χ0n) is 9.23. The number of hydrogen-bond donors (Lipinski definition) is 2. The van der Waals surface area contributed by atoms with Gasteiger partial charge in [0.05, 0.1) is 6.61 Å². The zero-order valence-corrected chi connectivity index (χ0v) is 9.23. The highest BCUT2D eigenvalue weighted by molar-refractivity contribution is 5.86. The van der Waals surface area contributed by atoms with Gasteiger partial charge in [-0.15, -0.1) is 6.58 Å². The number of hydrogen-bond acceptors (Lipinski definition) is 3. The van der Waals surface area contributed by atoms with Gasteiger partial charge in [0.25, 0.3) is 0 Å². The molecule has 0 aromatic carbocycles. The number of ether oxygens (including phenoxy) is 1. The van der Waals surface area contributed by atoms with E-state index in [2.05, 4.69) is 11.9 Å². The fourth-order valence-corrected chi connectivity index (χ4v) is 1.46. The van der Waals surface area contributed by atoms with Crippen LogP contribution in [0.2, 0.25) is 0 Å². The molecular weight excluding hydrogens is 212 g/mol. The van der Waals surface area contributed by atoms with Gasteiger partial charge in [-0.25, -0.2) is 9.59 Å². The SMILES string of the molecule is C=CCN(C)C(=O)NC1(C(=O)O)CCOC1. The molecular formula is C10H16N2O4. The minimum Gasteiger partial charge on any atom is -0.479 e. The molecule has 0 radical (unpaired) electrons.